The summed E-state index contributed by atoms with van der Waals surface area (Å²) in [7, 11) is 3.41. The molecule has 1 heterocycles. The molecule has 3 rings (SSSR count). The Balaban J connectivity index is 2.14. The zero-order valence-corrected chi connectivity index (χ0v) is 14.6. The largest absolute Gasteiger partial charge is 0.493 e. The van der Waals surface area contributed by atoms with E-state index < -0.39 is 0 Å². The van der Waals surface area contributed by atoms with Crippen molar-refractivity contribution in [1.82, 2.24) is 5.32 Å². The summed E-state index contributed by atoms with van der Waals surface area (Å²) in [5.74, 6) is 1.68. The van der Waals surface area contributed by atoms with E-state index in [2.05, 4.69) is 44.3 Å². The summed E-state index contributed by atoms with van der Waals surface area (Å²) < 4.78 is 11.1. The summed E-state index contributed by atoms with van der Waals surface area (Å²) in [5, 5.41) is 3.67. The predicted molar refractivity (Wildman–Crippen MR) is 93.7 cm³/mol. The lowest BCUT2D eigenvalue weighted by molar-refractivity contribution is 0.348. The normalized spacial score (nSPS) is 16.8. The Morgan fingerprint density at radius 1 is 0.913 bits per heavy atom. The molecule has 23 heavy (non-hydrogen) atoms. The molecule has 0 amide bonds. The van der Waals surface area contributed by atoms with Crippen molar-refractivity contribution in [3.63, 3.8) is 0 Å². The maximum absolute atomic E-state index is 5.64. The van der Waals surface area contributed by atoms with E-state index in [1.54, 1.807) is 14.2 Å². The Labute approximate surface area is 138 Å². The summed E-state index contributed by atoms with van der Waals surface area (Å²) in [6.07, 6.45) is 0.954. The lowest BCUT2D eigenvalue weighted by atomic mass is 9.86. The number of benzene rings is 2. The van der Waals surface area contributed by atoms with Crippen LogP contribution < -0.4 is 14.8 Å². The van der Waals surface area contributed by atoms with Crippen LogP contribution in [0.1, 0.15) is 39.4 Å². The van der Waals surface area contributed by atoms with Crippen molar-refractivity contribution in [2.24, 2.45) is 0 Å². The molecule has 1 aliphatic rings. The molecule has 0 bridgehead atoms. The predicted octanol–water partition coefficient (Wildman–Crippen LogP) is 3.86. The van der Waals surface area contributed by atoms with Crippen LogP contribution in [0.2, 0.25) is 0 Å². The fraction of sp³-hybridized carbons (Fsp3) is 0.400. The van der Waals surface area contributed by atoms with Gasteiger partial charge in [0.05, 0.1) is 20.3 Å². The molecule has 1 atom stereocenters. The highest BCUT2D eigenvalue weighted by molar-refractivity contribution is 5.55. The van der Waals surface area contributed by atoms with Gasteiger partial charge in [0.1, 0.15) is 0 Å². The molecule has 1 aliphatic heterocycles. The molecule has 122 valence electrons. The summed E-state index contributed by atoms with van der Waals surface area (Å²) in [6, 6.07) is 8.98. The topological polar surface area (TPSA) is 30.5 Å². The Morgan fingerprint density at radius 2 is 1.65 bits per heavy atom. The number of hydrogen-bond donors (Lipinski definition) is 1. The van der Waals surface area contributed by atoms with Crippen LogP contribution in [0, 0.1) is 20.8 Å². The minimum atomic E-state index is 0.206. The van der Waals surface area contributed by atoms with Gasteiger partial charge in [-0.2, -0.15) is 0 Å². The first-order chi connectivity index (χ1) is 11.1. The molecule has 0 aliphatic carbocycles. The van der Waals surface area contributed by atoms with Gasteiger partial charge in [-0.25, -0.2) is 0 Å². The lowest BCUT2D eigenvalue weighted by Gasteiger charge is -2.30. The molecule has 0 aromatic heterocycles. The van der Waals surface area contributed by atoms with Crippen molar-refractivity contribution in [3.05, 3.63) is 57.6 Å². The first-order valence-corrected chi connectivity index (χ1v) is 8.11. The summed E-state index contributed by atoms with van der Waals surface area (Å²) in [4.78, 5) is 0. The van der Waals surface area contributed by atoms with Crippen molar-refractivity contribution in [1.29, 1.82) is 0 Å². The number of ether oxygens (including phenoxy) is 2. The molecule has 0 fully saturated rings. The van der Waals surface area contributed by atoms with Crippen molar-refractivity contribution < 1.29 is 9.47 Å². The van der Waals surface area contributed by atoms with E-state index in [-0.39, 0.29) is 6.04 Å². The van der Waals surface area contributed by atoms with E-state index in [0.717, 1.165) is 24.5 Å². The zero-order valence-electron chi connectivity index (χ0n) is 14.6. The van der Waals surface area contributed by atoms with Crippen molar-refractivity contribution in [2.45, 2.75) is 33.2 Å². The maximum Gasteiger partial charge on any atom is 0.164 e. The van der Waals surface area contributed by atoms with Gasteiger partial charge in [0.2, 0.25) is 0 Å². The monoisotopic (exact) mass is 311 g/mol. The molecule has 1 unspecified atom stereocenters. The summed E-state index contributed by atoms with van der Waals surface area (Å²) in [6.45, 7) is 7.48. The van der Waals surface area contributed by atoms with Crippen LogP contribution in [0.15, 0.2) is 24.3 Å². The lowest BCUT2D eigenvalue weighted by Crippen LogP contribution is -2.31. The van der Waals surface area contributed by atoms with Crippen LogP contribution in [-0.2, 0) is 6.42 Å². The molecule has 3 nitrogen and oxygen atoms in total. The van der Waals surface area contributed by atoms with Gasteiger partial charge < -0.3 is 14.8 Å². The van der Waals surface area contributed by atoms with Gasteiger partial charge in [-0.3, -0.25) is 0 Å². The van der Waals surface area contributed by atoms with Crippen LogP contribution in [0.5, 0.6) is 11.5 Å². The number of nitrogens with one attached hydrogen (secondary N) is 1. The van der Waals surface area contributed by atoms with Crippen LogP contribution >= 0.6 is 0 Å². The SMILES string of the molecule is COc1ccc2c(c1OC)CCNC2c1cc(C)c(C)cc1C. The molecule has 2 aromatic rings. The molecule has 0 spiro atoms. The fourth-order valence-corrected chi connectivity index (χ4v) is 3.56. The third-order valence-corrected chi connectivity index (χ3v) is 4.91. The number of methoxy groups -OCH3 is 2. The molecule has 0 saturated heterocycles. The van der Waals surface area contributed by atoms with E-state index in [4.69, 9.17) is 9.47 Å². The second-order valence-corrected chi connectivity index (χ2v) is 6.30. The standard InChI is InChI=1S/C20H25NO2/c1-12-10-14(3)17(11-13(12)2)19-15-6-7-18(22-4)20(23-5)16(15)8-9-21-19/h6-7,10-11,19,21H,8-9H2,1-5H3. The summed E-state index contributed by atoms with van der Waals surface area (Å²) >= 11 is 0. The average molecular weight is 311 g/mol. The molecular formula is C20H25NO2. The highest BCUT2D eigenvalue weighted by Crippen LogP contribution is 2.40. The molecule has 0 radical (unpaired) electrons. The minimum absolute atomic E-state index is 0.206. The molecule has 2 aromatic carbocycles. The van der Waals surface area contributed by atoms with Gasteiger partial charge in [0.25, 0.3) is 0 Å². The van der Waals surface area contributed by atoms with Crippen LogP contribution in [0.3, 0.4) is 0 Å². The van der Waals surface area contributed by atoms with E-state index >= 15 is 0 Å². The highest BCUT2D eigenvalue weighted by atomic mass is 16.5. The van der Waals surface area contributed by atoms with E-state index in [0.29, 0.717) is 0 Å². The third-order valence-electron chi connectivity index (χ3n) is 4.91. The van der Waals surface area contributed by atoms with Crippen LogP contribution in [-0.4, -0.2) is 20.8 Å². The Morgan fingerprint density at radius 3 is 2.35 bits per heavy atom. The number of aryl methyl sites for hydroxylation is 3. The molecule has 0 saturated carbocycles. The summed E-state index contributed by atoms with van der Waals surface area (Å²) in [5.41, 5.74) is 7.90. The van der Waals surface area contributed by atoms with E-state index in [9.17, 15) is 0 Å². The zero-order chi connectivity index (χ0) is 16.6. The highest BCUT2D eigenvalue weighted by Gasteiger charge is 2.26. The van der Waals surface area contributed by atoms with Gasteiger partial charge >= 0.3 is 0 Å². The third kappa shape index (κ3) is 2.70. The second-order valence-electron chi connectivity index (χ2n) is 6.30. The van der Waals surface area contributed by atoms with Crippen molar-refractivity contribution >= 4 is 0 Å². The quantitative estimate of drug-likeness (QED) is 0.933. The Hall–Kier alpha value is -2.00. The van der Waals surface area contributed by atoms with Gasteiger partial charge in [-0.05, 0) is 61.1 Å². The van der Waals surface area contributed by atoms with E-state index in [1.165, 1.54) is 33.4 Å². The molecule has 1 N–H and O–H groups in total. The van der Waals surface area contributed by atoms with E-state index in [1.807, 2.05) is 6.07 Å². The van der Waals surface area contributed by atoms with Crippen LogP contribution in [0.4, 0.5) is 0 Å². The maximum atomic E-state index is 5.64. The average Bonchev–Trinajstić information content (AvgIpc) is 2.56. The van der Waals surface area contributed by atoms with Gasteiger partial charge in [0.15, 0.2) is 11.5 Å². The number of hydrogen-bond acceptors (Lipinski definition) is 3. The van der Waals surface area contributed by atoms with Crippen LogP contribution in [0.25, 0.3) is 0 Å². The number of rotatable bonds is 3. The Kier molecular flexibility index (Phi) is 4.31. The van der Waals surface area contributed by atoms with Gasteiger partial charge in [0, 0.05) is 12.1 Å². The molecular weight excluding hydrogens is 286 g/mol. The second kappa shape index (κ2) is 6.25. The minimum Gasteiger partial charge on any atom is -0.493 e. The first kappa shape index (κ1) is 15.9. The molecule has 3 heteroatoms. The first-order valence-electron chi connectivity index (χ1n) is 8.11. The number of fused-ring (bicyclic) bond motifs is 1. The van der Waals surface area contributed by atoms with Crippen molar-refractivity contribution in [2.75, 3.05) is 20.8 Å². The Bertz CT molecular complexity index is 737. The fourth-order valence-electron chi connectivity index (χ4n) is 3.56. The van der Waals surface area contributed by atoms with Crippen molar-refractivity contribution in [3.8, 4) is 11.5 Å². The van der Waals surface area contributed by atoms with Gasteiger partial charge in [-0.1, -0.05) is 18.2 Å². The van der Waals surface area contributed by atoms with Gasteiger partial charge in [-0.15, -0.1) is 0 Å². The smallest absolute Gasteiger partial charge is 0.164 e.